The molecule has 1 aromatic heterocycles. The normalized spacial score (nSPS) is 17.7. The Kier molecular flexibility index (Phi) is 7.73. The van der Waals surface area contributed by atoms with E-state index in [0.717, 1.165) is 57.3 Å². The van der Waals surface area contributed by atoms with Crippen LogP contribution in [-0.4, -0.2) is 67.1 Å². The van der Waals surface area contributed by atoms with Crippen molar-refractivity contribution < 1.29 is 4.79 Å². The molecule has 1 aliphatic carbocycles. The van der Waals surface area contributed by atoms with Crippen molar-refractivity contribution in [2.75, 3.05) is 44.2 Å². The number of nitrogens with one attached hydrogen (secondary N) is 2. The number of carbonyl (C=O) groups is 1. The van der Waals surface area contributed by atoms with Crippen molar-refractivity contribution in [3.8, 4) is 0 Å². The van der Waals surface area contributed by atoms with Crippen molar-refractivity contribution in [3.63, 3.8) is 0 Å². The van der Waals surface area contributed by atoms with Gasteiger partial charge in [0.25, 0.3) is 0 Å². The van der Waals surface area contributed by atoms with E-state index in [4.69, 9.17) is 0 Å². The number of carbonyl (C=O) groups excluding carboxylic acids is 1. The second-order valence-electron chi connectivity index (χ2n) is 6.17. The first-order valence-electron chi connectivity index (χ1n) is 8.75. The maximum atomic E-state index is 11.8. The third kappa shape index (κ3) is 6.02. The fourth-order valence-electron chi connectivity index (χ4n) is 2.76. The summed E-state index contributed by atoms with van der Waals surface area (Å²) in [5, 5.41) is 6.27. The van der Waals surface area contributed by atoms with Crippen molar-refractivity contribution in [3.05, 3.63) is 24.4 Å². The Bertz CT molecular complexity index is 570. The van der Waals surface area contributed by atoms with Crippen LogP contribution in [0.1, 0.15) is 19.8 Å². The van der Waals surface area contributed by atoms with E-state index in [2.05, 4.69) is 30.4 Å². The molecule has 1 aromatic rings. The summed E-state index contributed by atoms with van der Waals surface area (Å²) in [5.41, 5.74) is 0. The second-order valence-corrected chi connectivity index (χ2v) is 6.17. The highest BCUT2D eigenvalue weighted by molar-refractivity contribution is 14.0. The first kappa shape index (κ1) is 19.7. The summed E-state index contributed by atoms with van der Waals surface area (Å²) >= 11 is 0. The maximum Gasteiger partial charge on any atom is 0.242 e. The van der Waals surface area contributed by atoms with Gasteiger partial charge in [0, 0.05) is 45.0 Å². The quantitative estimate of drug-likeness (QED) is 0.393. The summed E-state index contributed by atoms with van der Waals surface area (Å²) in [6, 6.07) is 6.37. The Hall–Kier alpha value is -1.58. The highest BCUT2D eigenvalue weighted by Gasteiger charge is 2.24. The number of piperazine rings is 1. The number of pyridine rings is 1. The third-order valence-corrected chi connectivity index (χ3v) is 4.20. The molecule has 2 aliphatic rings. The van der Waals surface area contributed by atoms with Gasteiger partial charge in [-0.15, -0.1) is 24.0 Å². The van der Waals surface area contributed by atoms with E-state index in [0.29, 0.717) is 6.04 Å². The minimum Gasteiger partial charge on any atom is -0.357 e. The number of guanidine groups is 1. The molecule has 1 amide bonds. The summed E-state index contributed by atoms with van der Waals surface area (Å²) in [7, 11) is 0. The lowest BCUT2D eigenvalue weighted by Gasteiger charge is -2.37. The van der Waals surface area contributed by atoms with Gasteiger partial charge in [0.05, 0.1) is 0 Å². The van der Waals surface area contributed by atoms with Gasteiger partial charge >= 0.3 is 0 Å². The van der Waals surface area contributed by atoms with Crippen LogP contribution in [-0.2, 0) is 4.79 Å². The SMILES string of the molecule is CCNC(=NCC(=O)NC1CC1)N1CCN(c2ccccn2)CC1.I. The molecule has 7 nitrogen and oxygen atoms in total. The molecule has 3 rings (SSSR count). The molecule has 1 saturated carbocycles. The van der Waals surface area contributed by atoms with E-state index in [1.165, 1.54) is 0 Å². The van der Waals surface area contributed by atoms with Crippen molar-refractivity contribution in [2.24, 2.45) is 4.99 Å². The zero-order valence-corrected chi connectivity index (χ0v) is 17.0. The molecule has 0 spiro atoms. The maximum absolute atomic E-state index is 11.8. The van der Waals surface area contributed by atoms with Gasteiger partial charge in [0.2, 0.25) is 5.91 Å². The predicted molar refractivity (Wildman–Crippen MR) is 111 cm³/mol. The largest absolute Gasteiger partial charge is 0.357 e. The molecular formula is C17H27IN6O. The molecule has 0 atom stereocenters. The molecule has 0 aromatic carbocycles. The molecule has 2 heterocycles. The molecule has 25 heavy (non-hydrogen) atoms. The number of halogens is 1. The number of anilines is 1. The van der Waals surface area contributed by atoms with Crippen LogP contribution < -0.4 is 15.5 Å². The van der Waals surface area contributed by atoms with Gasteiger partial charge in [0.1, 0.15) is 12.4 Å². The molecule has 0 radical (unpaired) electrons. The Morgan fingerprint density at radius 3 is 2.64 bits per heavy atom. The van der Waals surface area contributed by atoms with Gasteiger partial charge in [-0.2, -0.15) is 0 Å². The van der Waals surface area contributed by atoms with E-state index in [9.17, 15) is 4.79 Å². The van der Waals surface area contributed by atoms with Crippen LogP contribution in [0.5, 0.6) is 0 Å². The lowest BCUT2D eigenvalue weighted by molar-refractivity contribution is -0.119. The number of hydrogen-bond acceptors (Lipinski definition) is 4. The average Bonchev–Trinajstić information content (AvgIpc) is 3.43. The standard InChI is InChI=1S/C17H26N6O.HI/c1-2-18-17(20-13-16(24)21-14-6-7-14)23-11-9-22(10-12-23)15-5-3-4-8-19-15;/h3-5,8,14H,2,6-7,9-13H2,1H3,(H,18,20)(H,21,24);1H. The highest BCUT2D eigenvalue weighted by Crippen LogP contribution is 2.18. The summed E-state index contributed by atoms with van der Waals surface area (Å²) in [4.78, 5) is 25.2. The summed E-state index contributed by atoms with van der Waals surface area (Å²) < 4.78 is 0. The van der Waals surface area contributed by atoms with E-state index in [1.54, 1.807) is 0 Å². The minimum atomic E-state index is 0. The van der Waals surface area contributed by atoms with E-state index >= 15 is 0 Å². The van der Waals surface area contributed by atoms with Crippen molar-refractivity contribution >= 4 is 41.7 Å². The average molecular weight is 458 g/mol. The monoisotopic (exact) mass is 458 g/mol. The van der Waals surface area contributed by atoms with Gasteiger partial charge in [-0.05, 0) is 31.9 Å². The molecule has 0 bridgehead atoms. The minimum absolute atomic E-state index is 0. The first-order valence-corrected chi connectivity index (χ1v) is 8.75. The van der Waals surface area contributed by atoms with Gasteiger partial charge in [-0.25, -0.2) is 9.98 Å². The topological polar surface area (TPSA) is 72.9 Å². The Balaban J connectivity index is 0.00000225. The number of aromatic nitrogens is 1. The predicted octanol–water partition coefficient (Wildman–Crippen LogP) is 1.07. The fourth-order valence-corrected chi connectivity index (χ4v) is 2.76. The van der Waals surface area contributed by atoms with Gasteiger partial charge in [-0.1, -0.05) is 6.07 Å². The Morgan fingerprint density at radius 2 is 2.04 bits per heavy atom. The first-order chi connectivity index (χ1) is 11.8. The highest BCUT2D eigenvalue weighted by atomic mass is 127. The zero-order valence-electron chi connectivity index (χ0n) is 14.6. The number of rotatable bonds is 5. The number of aliphatic imine (C=N–C) groups is 1. The van der Waals surface area contributed by atoms with Crippen LogP contribution in [0, 0.1) is 0 Å². The summed E-state index contributed by atoms with van der Waals surface area (Å²) in [6.07, 6.45) is 4.03. The Labute approximate surface area is 166 Å². The smallest absolute Gasteiger partial charge is 0.242 e. The molecule has 8 heteroatoms. The second kappa shape index (κ2) is 9.79. The lowest BCUT2D eigenvalue weighted by Crippen LogP contribution is -2.53. The van der Waals surface area contributed by atoms with Gasteiger partial charge in [0.15, 0.2) is 5.96 Å². The molecule has 0 unspecified atom stereocenters. The van der Waals surface area contributed by atoms with E-state index in [1.807, 2.05) is 31.3 Å². The van der Waals surface area contributed by atoms with Gasteiger partial charge in [-0.3, -0.25) is 4.79 Å². The summed E-state index contributed by atoms with van der Waals surface area (Å²) in [6.45, 7) is 6.57. The molecule has 1 saturated heterocycles. The molecule has 1 aliphatic heterocycles. The lowest BCUT2D eigenvalue weighted by atomic mass is 10.3. The molecular weight excluding hydrogens is 431 g/mol. The molecule has 2 N–H and O–H groups in total. The van der Waals surface area contributed by atoms with Gasteiger partial charge < -0.3 is 20.4 Å². The number of amides is 1. The van der Waals surface area contributed by atoms with Crippen LogP contribution in [0.3, 0.4) is 0 Å². The molecule has 2 fully saturated rings. The van der Waals surface area contributed by atoms with Crippen LogP contribution in [0.25, 0.3) is 0 Å². The van der Waals surface area contributed by atoms with Crippen LogP contribution in [0.2, 0.25) is 0 Å². The zero-order chi connectivity index (χ0) is 16.8. The summed E-state index contributed by atoms with van der Waals surface area (Å²) in [5.74, 6) is 1.85. The van der Waals surface area contributed by atoms with Crippen LogP contribution in [0.4, 0.5) is 5.82 Å². The van der Waals surface area contributed by atoms with Crippen LogP contribution >= 0.6 is 24.0 Å². The van der Waals surface area contributed by atoms with Crippen molar-refractivity contribution in [1.82, 2.24) is 20.5 Å². The van der Waals surface area contributed by atoms with Crippen LogP contribution in [0.15, 0.2) is 29.4 Å². The molecule has 138 valence electrons. The number of hydrogen-bond donors (Lipinski definition) is 2. The number of nitrogens with zero attached hydrogens (tertiary/aromatic N) is 4. The van der Waals surface area contributed by atoms with E-state index < -0.39 is 0 Å². The third-order valence-electron chi connectivity index (χ3n) is 4.20. The van der Waals surface area contributed by atoms with E-state index in [-0.39, 0.29) is 36.4 Å². The fraction of sp³-hybridized carbons (Fsp3) is 0.588. The van der Waals surface area contributed by atoms with Crippen molar-refractivity contribution in [1.29, 1.82) is 0 Å². The Morgan fingerprint density at radius 1 is 1.28 bits per heavy atom. The van der Waals surface area contributed by atoms with Crippen molar-refractivity contribution in [2.45, 2.75) is 25.8 Å².